The normalized spacial score (nSPS) is 10.6. The Morgan fingerprint density at radius 3 is 2.47 bits per heavy atom. The third-order valence-corrected chi connectivity index (χ3v) is 3.20. The van der Waals surface area contributed by atoms with Gasteiger partial charge in [-0.3, -0.25) is 0 Å². The van der Waals surface area contributed by atoms with Crippen LogP contribution in [0.1, 0.15) is 22.3 Å². The van der Waals surface area contributed by atoms with Crippen LogP contribution in [0.15, 0.2) is 6.07 Å². The molecule has 0 amide bonds. The second-order valence-corrected chi connectivity index (χ2v) is 4.36. The van der Waals surface area contributed by atoms with Gasteiger partial charge in [0.25, 0.3) is 0 Å². The van der Waals surface area contributed by atoms with Gasteiger partial charge >= 0.3 is 0 Å². The summed E-state index contributed by atoms with van der Waals surface area (Å²) in [5, 5.41) is 11.9. The molecule has 0 aliphatic carbocycles. The Morgan fingerprint density at radius 1 is 1.18 bits per heavy atom. The zero-order valence-electron chi connectivity index (χ0n) is 11.3. The topological polar surface area (TPSA) is 41.5 Å². The number of aryl methyl sites for hydroxylation is 1. The minimum absolute atomic E-state index is 0.194. The molecular weight excluding hydrogens is 214 g/mol. The lowest BCUT2D eigenvalue weighted by Crippen LogP contribution is -2.21. The van der Waals surface area contributed by atoms with E-state index in [0.29, 0.717) is 6.54 Å². The monoisotopic (exact) mass is 237 g/mol. The first-order chi connectivity index (χ1) is 8.11. The highest BCUT2D eigenvalue weighted by molar-refractivity contribution is 5.49. The Hall–Kier alpha value is -1.06. The number of aliphatic hydroxyl groups excluding tert-OH is 1. The molecule has 0 aliphatic rings. The van der Waals surface area contributed by atoms with E-state index in [0.717, 1.165) is 18.7 Å². The second kappa shape index (κ2) is 6.62. The van der Waals surface area contributed by atoms with Crippen LogP contribution in [-0.2, 0) is 6.42 Å². The molecule has 17 heavy (non-hydrogen) atoms. The molecular formula is C14H23NO2. The minimum Gasteiger partial charge on any atom is -0.496 e. The van der Waals surface area contributed by atoms with E-state index in [2.05, 4.69) is 32.2 Å². The lowest BCUT2D eigenvalue weighted by Gasteiger charge is -2.15. The molecule has 1 rings (SSSR count). The summed E-state index contributed by atoms with van der Waals surface area (Å²) >= 11 is 0. The van der Waals surface area contributed by atoms with Crippen LogP contribution in [0.2, 0.25) is 0 Å². The zero-order chi connectivity index (χ0) is 12.8. The number of ether oxygens (including phenoxy) is 1. The van der Waals surface area contributed by atoms with Crippen molar-refractivity contribution in [3.05, 3.63) is 28.3 Å². The second-order valence-electron chi connectivity index (χ2n) is 4.36. The van der Waals surface area contributed by atoms with Gasteiger partial charge in [-0.05, 0) is 56.0 Å². The summed E-state index contributed by atoms with van der Waals surface area (Å²) in [4.78, 5) is 0. The summed E-state index contributed by atoms with van der Waals surface area (Å²) in [7, 11) is 1.72. The van der Waals surface area contributed by atoms with Crippen LogP contribution >= 0.6 is 0 Å². The zero-order valence-corrected chi connectivity index (χ0v) is 11.3. The van der Waals surface area contributed by atoms with Crippen LogP contribution in [-0.4, -0.2) is 31.9 Å². The molecule has 0 aromatic heterocycles. The van der Waals surface area contributed by atoms with E-state index in [1.807, 2.05) is 0 Å². The van der Waals surface area contributed by atoms with Crippen molar-refractivity contribution in [2.45, 2.75) is 27.2 Å². The fraction of sp³-hybridized carbons (Fsp3) is 0.571. The smallest absolute Gasteiger partial charge is 0.124 e. The number of hydrogen-bond acceptors (Lipinski definition) is 3. The third-order valence-electron chi connectivity index (χ3n) is 3.20. The highest BCUT2D eigenvalue weighted by Crippen LogP contribution is 2.28. The molecule has 0 fully saturated rings. The molecule has 0 atom stereocenters. The molecule has 0 spiro atoms. The van der Waals surface area contributed by atoms with Gasteiger partial charge in [0, 0.05) is 6.54 Å². The Balaban J connectivity index is 2.80. The largest absolute Gasteiger partial charge is 0.496 e. The van der Waals surface area contributed by atoms with Gasteiger partial charge in [-0.15, -0.1) is 0 Å². The first-order valence-corrected chi connectivity index (χ1v) is 6.07. The van der Waals surface area contributed by atoms with Gasteiger partial charge < -0.3 is 15.2 Å². The first-order valence-electron chi connectivity index (χ1n) is 6.07. The van der Waals surface area contributed by atoms with E-state index >= 15 is 0 Å². The summed E-state index contributed by atoms with van der Waals surface area (Å²) in [6.45, 7) is 8.07. The molecule has 96 valence electrons. The van der Waals surface area contributed by atoms with Crippen molar-refractivity contribution in [2.75, 3.05) is 26.8 Å². The Labute approximate surface area is 104 Å². The van der Waals surface area contributed by atoms with Crippen LogP contribution in [0.25, 0.3) is 0 Å². The summed E-state index contributed by atoms with van der Waals surface area (Å²) in [5.74, 6) is 0.995. The molecule has 3 nitrogen and oxygen atoms in total. The lowest BCUT2D eigenvalue weighted by molar-refractivity contribution is 0.293. The number of methoxy groups -OCH3 is 1. The molecule has 0 saturated heterocycles. The number of rotatable bonds is 6. The molecule has 0 saturated carbocycles. The van der Waals surface area contributed by atoms with E-state index in [4.69, 9.17) is 9.84 Å². The van der Waals surface area contributed by atoms with Gasteiger partial charge in [-0.1, -0.05) is 6.07 Å². The number of benzene rings is 1. The summed E-state index contributed by atoms with van der Waals surface area (Å²) in [6.07, 6.45) is 0.984. The molecule has 0 aliphatic heterocycles. The average Bonchev–Trinajstić information content (AvgIpc) is 2.31. The van der Waals surface area contributed by atoms with Crippen molar-refractivity contribution >= 4 is 0 Å². The van der Waals surface area contributed by atoms with Crippen molar-refractivity contribution < 1.29 is 9.84 Å². The van der Waals surface area contributed by atoms with Crippen LogP contribution in [0.5, 0.6) is 5.75 Å². The molecule has 1 aromatic carbocycles. The Bertz CT molecular complexity index is 375. The van der Waals surface area contributed by atoms with Gasteiger partial charge in [-0.25, -0.2) is 0 Å². The van der Waals surface area contributed by atoms with Gasteiger partial charge in [0.05, 0.1) is 13.7 Å². The van der Waals surface area contributed by atoms with Crippen LogP contribution < -0.4 is 10.1 Å². The SMILES string of the molecule is COc1c(C)cc(CCNCCO)c(C)c1C. The van der Waals surface area contributed by atoms with Crippen molar-refractivity contribution in [3.8, 4) is 5.75 Å². The first kappa shape index (κ1) is 14.0. The molecule has 0 heterocycles. The standard InChI is InChI=1S/C14H23NO2/c1-10-9-13(5-6-15-7-8-16)11(2)12(3)14(10)17-4/h9,15-16H,5-8H2,1-4H3. The number of hydrogen-bond donors (Lipinski definition) is 2. The molecule has 0 unspecified atom stereocenters. The molecule has 2 N–H and O–H groups in total. The fourth-order valence-corrected chi connectivity index (χ4v) is 2.14. The van der Waals surface area contributed by atoms with E-state index in [1.54, 1.807) is 7.11 Å². The van der Waals surface area contributed by atoms with Crippen LogP contribution in [0, 0.1) is 20.8 Å². The fourth-order valence-electron chi connectivity index (χ4n) is 2.14. The summed E-state index contributed by atoms with van der Waals surface area (Å²) in [5.41, 5.74) is 5.07. The van der Waals surface area contributed by atoms with Crippen molar-refractivity contribution in [3.63, 3.8) is 0 Å². The maximum absolute atomic E-state index is 8.70. The molecule has 3 heteroatoms. The molecule has 0 radical (unpaired) electrons. The predicted octanol–water partition coefficient (Wildman–Crippen LogP) is 1.74. The van der Waals surface area contributed by atoms with Gasteiger partial charge in [0.2, 0.25) is 0 Å². The third kappa shape index (κ3) is 3.45. The molecule has 0 bridgehead atoms. The van der Waals surface area contributed by atoms with E-state index in [-0.39, 0.29) is 6.61 Å². The number of aliphatic hydroxyl groups is 1. The molecule has 1 aromatic rings. The Morgan fingerprint density at radius 2 is 1.88 bits per heavy atom. The maximum atomic E-state index is 8.70. The average molecular weight is 237 g/mol. The van der Waals surface area contributed by atoms with E-state index in [1.165, 1.54) is 22.3 Å². The highest BCUT2D eigenvalue weighted by atomic mass is 16.5. The summed E-state index contributed by atoms with van der Waals surface area (Å²) < 4.78 is 5.41. The van der Waals surface area contributed by atoms with Gasteiger partial charge in [0.1, 0.15) is 5.75 Å². The number of nitrogens with one attached hydrogen (secondary N) is 1. The maximum Gasteiger partial charge on any atom is 0.124 e. The van der Waals surface area contributed by atoms with Gasteiger partial charge in [-0.2, -0.15) is 0 Å². The summed E-state index contributed by atoms with van der Waals surface area (Å²) in [6, 6.07) is 2.20. The van der Waals surface area contributed by atoms with Gasteiger partial charge in [0.15, 0.2) is 0 Å². The van der Waals surface area contributed by atoms with Crippen LogP contribution in [0.3, 0.4) is 0 Å². The predicted molar refractivity (Wildman–Crippen MR) is 70.9 cm³/mol. The lowest BCUT2D eigenvalue weighted by atomic mass is 9.96. The van der Waals surface area contributed by atoms with Crippen molar-refractivity contribution in [1.82, 2.24) is 5.32 Å². The quantitative estimate of drug-likeness (QED) is 0.741. The highest BCUT2D eigenvalue weighted by Gasteiger charge is 2.09. The van der Waals surface area contributed by atoms with E-state index < -0.39 is 0 Å². The van der Waals surface area contributed by atoms with E-state index in [9.17, 15) is 0 Å². The van der Waals surface area contributed by atoms with Crippen molar-refractivity contribution in [2.24, 2.45) is 0 Å². The van der Waals surface area contributed by atoms with Crippen molar-refractivity contribution in [1.29, 1.82) is 0 Å². The van der Waals surface area contributed by atoms with Crippen LogP contribution in [0.4, 0.5) is 0 Å². The Kier molecular flexibility index (Phi) is 5.45. The minimum atomic E-state index is 0.194.